The van der Waals surface area contributed by atoms with E-state index in [1.807, 2.05) is 0 Å². The van der Waals surface area contributed by atoms with Crippen LogP contribution in [-0.2, 0) is 4.74 Å². The van der Waals surface area contributed by atoms with Crippen LogP contribution in [0.3, 0.4) is 0 Å². The summed E-state index contributed by atoms with van der Waals surface area (Å²) in [4.78, 5) is 10.9. The van der Waals surface area contributed by atoms with Gasteiger partial charge in [0.25, 0.3) is 0 Å². The number of hydrogen-bond donors (Lipinski definition) is 2. The van der Waals surface area contributed by atoms with Gasteiger partial charge in [0.1, 0.15) is 12.4 Å². The molecular formula is C13H20N2O3. The summed E-state index contributed by atoms with van der Waals surface area (Å²) in [7, 11) is 1.69. The molecule has 0 aliphatic carbocycles. The van der Waals surface area contributed by atoms with E-state index in [2.05, 4.69) is 5.32 Å². The lowest BCUT2D eigenvalue weighted by atomic mass is 10.2. The van der Waals surface area contributed by atoms with Crippen LogP contribution in [0.2, 0.25) is 0 Å². The van der Waals surface area contributed by atoms with Crippen molar-refractivity contribution in [3.05, 3.63) is 29.8 Å². The van der Waals surface area contributed by atoms with E-state index >= 15 is 0 Å². The van der Waals surface area contributed by atoms with Gasteiger partial charge in [0, 0.05) is 25.8 Å². The number of nitrogens with one attached hydrogen (secondary N) is 1. The number of ether oxygens (including phenoxy) is 2. The number of primary amides is 1. The van der Waals surface area contributed by atoms with Gasteiger partial charge in [-0.05, 0) is 37.2 Å². The summed E-state index contributed by atoms with van der Waals surface area (Å²) in [5.41, 5.74) is 5.63. The quantitative estimate of drug-likeness (QED) is 0.637. The molecule has 0 spiro atoms. The van der Waals surface area contributed by atoms with Crippen molar-refractivity contribution in [1.82, 2.24) is 5.32 Å². The van der Waals surface area contributed by atoms with Crippen molar-refractivity contribution >= 4 is 5.91 Å². The molecule has 18 heavy (non-hydrogen) atoms. The zero-order valence-corrected chi connectivity index (χ0v) is 10.6. The smallest absolute Gasteiger partial charge is 0.248 e. The topological polar surface area (TPSA) is 73.6 Å². The van der Waals surface area contributed by atoms with E-state index < -0.39 is 5.91 Å². The van der Waals surface area contributed by atoms with Gasteiger partial charge in [-0.25, -0.2) is 0 Å². The van der Waals surface area contributed by atoms with E-state index in [-0.39, 0.29) is 0 Å². The molecule has 1 amide bonds. The second kappa shape index (κ2) is 8.49. The maximum Gasteiger partial charge on any atom is 0.248 e. The zero-order chi connectivity index (χ0) is 13.2. The van der Waals surface area contributed by atoms with Crippen LogP contribution in [0.4, 0.5) is 0 Å². The zero-order valence-electron chi connectivity index (χ0n) is 10.6. The maximum atomic E-state index is 10.9. The molecule has 1 rings (SSSR count). The lowest BCUT2D eigenvalue weighted by Gasteiger charge is -2.07. The summed E-state index contributed by atoms with van der Waals surface area (Å²) in [5, 5.41) is 3.24. The number of benzene rings is 1. The first kappa shape index (κ1) is 14.5. The maximum absolute atomic E-state index is 10.9. The van der Waals surface area contributed by atoms with Crippen molar-refractivity contribution in [2.45, 2.75) is 6.42 Å². The molecule has 0 unspecified atom stereocenters. The molecule has 0 saturated carbocycles. The number of nitrogens with two attached hydrogens (primary N) is 1. The largest absolute Gasteiger partial charge is 0.492 e. The van der Waals surface area contributed by atoms with Crippen molar-refractivity contribution in [3.8, 4) is 5.75 Å². The minimum Gasteiger partial charge on any atom is -0.492 e. The van der Waals surface area contributed by atoms with E-state index in [4.69, 9.17) is 15.2 Å². The molecule has 0 bridgehead atoms. The van der Waals surface area contributed by atoms with Crippen molar-refractivity contribution in [3.63, 3.8) is 0 Å². The van der Waals surface area contributed by atoms with Gasteiger partial charge < -0.3 is 20.5 Å². The van der Waals surface area contributed by atoms with Gasteiger partial charge in [-0.2, -0.15) is 0 Å². The molecule has 0 saturated heterocycles. The fraction of sp³-hybridized carbons (Fsp3) is 0.462. The van der Waals surface area contributed by atoms with Crippen molar-refractivity contribution < 1.29 is 14.3 Å². The Balaban J connectivity index is 2.14. The van der Waals surface area contributed by atoms with Gasteiger partial charge in [-0.1, -0.05) is 0 Å². The second-order valence-corrected chi connectivity index (χ2v) is 3.83. The minimum absolute atomic E-state index is 0.429. The molecule has 0 fully saturated rings. The van der Waals surface area contributed by atoms with E-state index in [9.17, 15) is 4.79 Å². The van der Waals surface area contributed by atoms with Gasteiger partial charge in [0.05, 0.1) is 0 Å². The average molecular weight is 252 g/mol. The van der Waals surface area contributed by atoms with E-state index in [1.54, 1.807) is 31.4 Å². The number of carbonyl (C=O) groups is 1. The van der Waals surface area contributed by atoms with Gasteiger partial charge in [0.15, 0.2) is 0 Å². The molecule has 1 aromatic carbocycles. The van der Waals surface area contributed by atoms with Crippen LogP contribution in [0.15, 0.2) is 24.3 Å². The molecule has 0 aromatic heterocycles. The molecule has 5 heteroatoms. The van der Waals surface area contributed by atoms with Gasteiger partial charge in [-0.3, -0.25) is 4.79 Å². The van der Waals surface area contributed by atoms with Crippen molar-refractivity contribution in [2.24, 2.45) is 5.73 Å². The molecule has 5 nitrogen and oxygen atoms in total. The summed E-state index contributed by atoms with van der Waals surface area (Å²) >= 11 is 0. The summed E-state index contributed by atoms with van der Waals surface area (Å²) in [6.07, 6.45) is 0.990. The van der Waals surface area contributed by atoms with Crippen LogP contribution in [-0.4, -0.2) is 39.3 Å². The highest BCUT2D eigenvalue weighted by Gasteiger charge is 1.99. The first-order chi connectivity index (χ1) is 8.74. The number of hydrogen-bond acceptors (Lipinski definition) is 4. The monoisotopic (exact) mass is 252 g/mol. The van der Waals surface area contributed by atoms with Crippen LogP contribution in [0, 0.1) is 0 Å². The summed E-state index contributed by atoms with van der Waals surface area (Å²) in [6, 6.07) is 6.80. The van der Waals surface area contributed by atoms with Crippen LogP contribution >= 0.6 is 0 Å². The second-order valence-electron chi connectivity index (χ2n) is 3.83. The number of amides is 1. The Morgan fingerprint density at radius 2 is 1.94 bits per heavy atom. The average Bonchev–Trinajstić information content (AvgIpc) is 2.38. The Morgan fingerprint density at radius 1 is 1.22 bits per heavy atom. The lowest BCUT2D eigenvalue weighted by molar-refractivity contribution is 0.100. The highest BCUT2D eigenvalue weighted by Crippen LogP contribution is 2.11. The third-order valence-electron chi connectivity index (χ3n) is 2.39. The molecule has 1 aromatic rings. The molecule has 0 heterocycles. The fourth-order valence-corrected chi connectivity index (χ4v) is 1.42. The minimum atomic E-state index is -0.429. The molecule has 0 aliphatic rings. The highest BCUT2D eigenvalue weighted by molar-refractivity contribution is 5.92. The van der Waals surface area contributed by atoms with Gasteiger partial charge in [0.2, 0.25) is 5.91 Å². The summed E-state index contributed by atoms with van der Waals surface area (Å²) < 4.78 is 10.4. The third-order valence-corrected chi connectivity index (χ3v) is 2.39. The van der Waals surface area contributed by atoms with Crippen LogP contribution < -0.4 is 15.8 Å². The predicted molar refractivity (Wildman–Crippen MR) is 69.8 cm³/mol. The summed E-state index contributed by atoms with van der Waals surface area (Å²) in [5.74, 6) is 0.306. The molecule has 0 atom stereocenters. The molecule has 0 aliphatic heterocycles. The highest BCUT2D eigenvalue weighted by atomic mass is 16.5. The van der Waals surface area contributed by atoms with Gasteiger partial charge in [-0.15, -0.1) is 0 Å². The van der Waals surface area contributed by atoms with E-state index in [1.165, 1.54) is 0 Å². The first-order valence-corrected chi connectivity index (χ1v) is 5.96. The Kier molecular flexibility index (Phi) is 6.83. The number of methoxy groups -OCH3 is 1. The van der Waals surface area contributed by atoms with Crippen LogP contribution in [0.25, 0.3) is 0 Å². The molecule has 0 radical (unpaired) electrons. The van der Waals surface area contributed by atoms with E-state index in [0.29, 0.717) is 12.2 Å². The first-order valence-electron chi connectivity index (χ1n) is 5.96. The Bertz CT molecular complexity index is 352. The summed E-state index contributed by atoms with van der Waals surface area (Å²) in [6.45, 7) is 3.05. The van der Waals surface area contributed by atoms with Crippen molar-refractivity contribution in [2.75, 3.05) is 33.4 Å². The normalized spacial score (nSPS) is 10.3. The Labute approximate surface area is 107 Å². The Morgan fingerprint density at radius 3 is 2.56 bits per heavy atom. The molecular weight excluding hydrogens is 232 g/mol. The Hall–Kier alpha value is -1.59. The van der Waals surface area contributed by atoms with Crippen molar-refractivity contribution in [1.29, 1.82) is 0 Å². The third kappa shape index (κ3) is 5.65. The standard InChI is InChI=1S/C13H20N2O3/c1-17-9-2-7-15-8-10-18-12-5-3-11(4-6-12)13(14)16/h3-6,15H,2,7-10H2,1H3,(H2,14,16). The SMILES string of the molecule is COCCCNCCOc1ccc(C(N)=O)cc1. The molecule has 100 valence electrons. The van der Waals surface area contributed by atoms with Crippen LogP contribution in [0.1, 0.15) is 16.8 Å². The lowest BCUT2D eigenvalue weighted by Crippen LogP contribution is -2.22. The predicted octanol–water partition coefficient (Wildman–Crippen LogP) is 0.790. The van der Waals surface area contributed by atoms with E-state index in [0.717, 1.165) is 31.9 Å². The molecule has 3 N–H and O–H groups in total. The van der Waals surface area contributed by atoms with Crippen LogP contribution in [0.5, 0.6) is 5.75 Å². The number of carbonyl (C=O) groups excluding carboxylic acids is 1. The fourth-order valence-electron chi connectivity index (χ4n) is 1.42. The van der Waals surface area contributed by atoms with Gasteiger partial charge >= 0.3 is 0 Å². The number of rotatable bonds is 9.